The Bertz CT molecular complexity index is 524. The predicted molar refractivity (Wildman–Crippen MR) is 88.8 cm³/mol. The fourth-order valence-electron chi connectivity index (χ4n) is 5.00. The van der Waals surface area contributed by atoms with E-state index in [1.54, 1.807) is 5.56 Å². The fraction of sp³-hybridized carbons (Fsp3) is 0.684. The van der Waals surface area contributed by atoms with Gasteiger partial charge in [0.2, 0.25) is 0 Å². The molecule has 2 fully saturated rings. The van der Waals surface area contributed by atoms with Crippen LogP contribution in [-0.2, 0) is 6.42 Å². The smallest absolute Gasteiger partial charge is 0.0399 e. The second-order valence-electron chi connectivity index (χ2n) is 7.53. The monoisotopic (exact) mass is 284 g/mol. The number of hydrogen-bond acceptors (Lipinski definition) is 2. The van der Waals surface area contributed by atoms with E-state index in [9.17, 15) is 0 Å². The van der Waals surface area contributed by atoms with E-state index in [0.29, 0.717) is 6.04 Å². The summed E-state index contributed by atoms with van der Waals surface area (Å²) < 4.78 is 0. The molecule has 1 N–H and O–H groups in total. The molecule has 0 saturated heterocycles. The maximum atomic E-state index is 3.35. The average Bonchev–Trinajstić information content (AvgIpc) is 3.22. The molecule has 0 aromatic heterocycles. The SMILES string of the molecule is CNC(C)c1ccc2c(c1)CCN2CC1CC2CCC1C2. The highest BCUT2D eigenvalue weighted by molar-refractivity contribution is 5.59. The molecule has 4 unspecified atom stereocenters. The summed E-state index contributed by atoms with van der Waals surface area (Å²) in [6, 6.07) is 7.57. The number of fused-ring (bicyclic) bond motifs is 3. The van der Waals surface area contributed by atoms with Crippen molar-refractivity contribution < 1.29 is 0 Å². The standard InChI is InChI=1S/C19H28N2/c1-13(20-2)15-5-6-19-17(11-15)7-8-21(19)12-18-10-14-3-4-16(18)9-14/h5-6,11,13-14,16,18,20H,3-4,7-10,12H2,1-2H3. The van der Waals surface area contributed by atoms with Crippen LogP contribution in [0.15, 0.2) is 18.2 Å². The molecule has 21 heavy (non-hydrogen) atoms. The van der Waals surface area contributed by atoms with E-state index < -0.39 is 0 Å². The lowest BCUT2D eigenvalue weighted by Crippen LogP contribution is -2.30. The topological polar surface area (TPSA) is 15.3 Å². The third-order valence-electron chi connectivity index (χ3n) is 6.37. The molecule has 0 radical (unpaired) electrons. The third-order valence-corrected chi connectivity index (χ3v) is 6.37. The molecule has 0 spiro atoms. The maximum Gasteiger partial charge on any atom is 0.0399 e. The Hall–Kier alpha value is -1.02. The van der Waals surface area contributed by atoms with Crippen LogP contribution in [0.4, 0.5) is 5.69 Å². The van der Waals surface area contributed by atoms with E-state index in [-0.39, 0.29) is 0 Å². The lowest BCUT2D eigenvalue weighted by Gasteiger charge is -2.29. The number of nitrogens with one attached hydrogen (secondary N) is 1. The molecule has 1 aliphatic heterocycles. The van der Waals surface area contributed by atoms with Crippen molar-refractivity contribution in [1.29, 1.82) is 0 Å². The van der Waals surface area contributed by atoms with Gasteiger partial charge in [-0.2, -0.15) is 0 Å². The number of hydrogen-bond donors (Lipinski definition) is 1. The second-order valence-corrected chi connectivity index (χ2v) is 7.53. The van der Waals surface area contributed by atoms with Crippen molar-refractivity contribution in [2.45, 2.75) is 45.1 Å². The van der Waals surface area contributed by atoms with Crippen molar-refractivity contribution in [2.75, 3.05) is 25.0 Å². The van der Waals surface area contributed by atoms with Crippen molar-refractivity contribution in [3.8, 4) is 0 Å². The Morgan fingerprint density at radius 3 is 2.90 bits per heavy atom. The molecule has 2 heteroatoms. The Balaban J connectivity index is 1.48. The van der Waals surface area contributed by atoms with Crippen LogP contribution in [0.3, 0.4) is 0 Å². The molecule has 2 bridgehead atoms. The number of benzene rings is 1. The van der Waals surface area contributed by atoms with Crippen LogP contribution >= 0.6 is 0 Å². The zero-order valence-electron chi connectivity index (χ0n) is 13.4. The van der Waals surface area contributed by atoms with Gasteiger partial charge in [-0.05, 0) is 74.6 Å². The zero-order valence-corrected chi connectivity index (χ0v) is 13.4. The second kappa shape index (κ2) is 5.31. The first kappa shape index (κ1) is 13.6. The lowest BCUT2D eigenvalue weighted by molar-refractivity contribution is 0.335. The van der Waals surface area contributed by atoms with Crippen molar-refractivity contribution in [3.05, 3.63) is 29.3 Å². The summed E-state index contributed by atoms with van der Waals surface area (Å²) >= 11 is 0. The Morgan fingerprint density at radius 2 is 2.19 bits per heavy atom. The van der Waals surface area contributed by atoms with Gasteiger partial charge < -0.3 is 10.2 Å². The van der Waals surface area contributed by atoms with Gasteiger partial charge in [0.15, 0.2) is 0 Å². The molecule has 3 aliphatic rings. The molecule has 2 aliphatic carbocycles. The Kier molecular flexibility index (Phi) is 3.45. The van der Waals surface area contributed by atoms with Gasteiger partial charge in [-0.15, -0.1) is 0 Å². The van der Waals surface area contributed by atoms with Crippen LogP contribution in [0, 0.1) is 17.8 Å². The van der Waals surface area contributed by atoms with E-state index in [1.165, 1.54) is 56.4 Å². The van der Waals surface area contributed by atoms with Crippen LogP contribution in [0.25, 0.3) is 0 Å². The Morgan fingerprint density at radius 1 is 1.29 bits per heavy atom. The van der Waals surface area contributed by atoms with Crippen molar-refractivity contribution in [1.82, 2.24) is 5.32 Å². The van der Waals surface area contributed by atoms with Gasteiger partial charge in [-0.25, -0.2) is 0 Å². The van der Waals surface area contributed by atoms with Crippen molar-refractivity contribution in [3.63, 3.8) is 0 Å². The van der Waals surface area contributed by atoms with Gasteiger partial charge >= 0.3 is 0 Å². The molecule has 1 aromatic rings. The van der Waals surface area contributed by atoms with Gasteiger partial charge in [0.1, 0.15) is 0 Å². The summed E-state index contributed by atoms with van der Waals surface area (Å²) in [5.41, 5.74) is 4.51. The van der Waals surface area contributed by atoms with E-state index in [2.05, 4.69) is 35.3 Å². The van der Waals surface area contributed by atoms with Crippen LogP contribution in [-0.4, -0.2) is 20.1 Å². The molecular weight excluding hydrogens is 256 g/mol. The Labute approximate surface area is 128 Å². The molecule has 4 atom stereocenters. The molecule has 0 amide bonds. The summed E-state index contributed by atoms with van der Waals surface area (Å²) in [6.07, 6.45) is 7.30. The molecule has 114 valence electrons. The van der Waals surface area contributed by atoms with Gasteiger partial charge in [0.25, 0.3) is 0 Å². The number of nitrogens with zero attached hydrogens (tertiary/aromatic N) is 1. The lowest BCUT2D eigenvalue weighted by atomic mass is 9.88. The van der Waals surface area contributed by atoms with Crippen LogP contribution in [0.1, 0.15) is 49.8 Å². The highest BCUT2D eigenvalue weighted by atomic mass is 15.1. The highest BCUT2D eigenvalue weighted by Crippen LogP contribution is 2.49. The van der Waals surface area contributed by atoms with Gasteiger partial charge in [-0.3, -0.25) is 0 Å². The maximum absolute atomic E-state index is 3.35. The van der Waals surface area contributed by atoms with E-state index >= 15 is 0 Å². The van der Waals surface area contributed by atoms with Crippen LogP contribution < -0.4 is 10.2 Å². The quantitative estimate of drug-likeness (QED) is 0.905. The minimum atomic E-state index is 0.454. The number of anilines is 1. The summed E-state index contributed by atoms with van der Waals surface area (Å²) in [7, 11) is 2.04. The molecular formula is C19H28N2. The highest BCUT2D eigenvalue weighted by Gasteiger charge is 2.40. The van der Waals surface area contributed by atoms with Crippen molar-refractivity contribution in [2.24, 2.45) is 17.8 Å². The summed E-state index contributed by atoms with van der Waals surface area (Å²) in [6.45, 7) is 4.79. The minimum Gasteiger partial charge on any atom is -0.371 e. The van der Waals surface area contributed by atoms with Crippen LogP contribution in [0.5, 0.6) is 0 Å². The van der Waals surface area contributed by atoms with Gasteiger partial charge in [-0.1, -0.05) is 18.6 Å². The zero-order chi connectivity index (χ0) is 14.4. The number of rotatable bonds is 4. The molecule has 1 aromatic carbocycles. The minimum absolute atomic E-state index is 0.454. The van der Waals surface area contributed by atoms with Crippen LogP contribution in [0.2, 0.25) is 0 Å². The summed E-state index contributed by atoms with van der Waals surface area (Å²) in [5.74, 6) is 3.09. The summed E-state index contributed by atoms with van der Waals surface area (Å²) in [4.78, 5) is 2.68. The third kappa shape index (κ3) is 2.38. The average molecular weight is 284 g/mol. The largest absolute Gasteiger partial charge is 0.371 e. The molecule has 2 saturated carbocycles. The normalized spacial score (nSPS) is 31.7. The van der Waals surface area contributed by atoms with Gasteiger partial charge in [0.05, 0.1) is 0 Å². The van der Waals surface area contributed by atoms with E-state index in [0.717, 1.165) is 17.8 Å². The summed E-state index contributed by atoms with van der Waals surface area (Å²) in [5, 5.41) is 3.35. The molecule has 4 rings (SSSR count). The first-order valence-electron chi connectivity index (χ1n) is 8.79. The fourth-order valence-corrected chi connectivity index (χ4v) is 5.00. The first-order chi connectivity index (χ1) is 10.2. The van der Waals surface area contributed by atoms with Gasteiger partial charge in [0, 0.05) is 24.8 Å². The molecule has 1 heterocycles. The van der Waals surface area contributed by atoms with E-state index in [4.69, 9.17) is 0 Å². The molecule has 2 nitrogen and oxygen atoms in total. The first-order valence-corrected chi connectivity index (χ1v) is 8.79. The predicted octanol–water partition coefficient (Wildman–Crippen LogP) is 3.77. The van der Waals surface area contributed by atoms with Crippen molar-refractivity contribution >= 4 is 5.69 Å². The van der Waals surface area contributed by atoms with E-state index in [1.807, 2.05) is 7.05 Å².